The highest BCUT2D eigenvalue weighted by molar-refractivity contribution is 5.93. The molecule has 132 valence electrons. The molecular formula is C19H24N4O2. The number of nitrogens with zero attached hydrogens (tertiary/aromatic N) is 3. The molecule has 2 heterocycles. The summed E-state index contributed by atoms with van der Waals surface area (Å²) in [7, 11) is 0. The van der Waals surface area contributed by atoms with Crippen LogP contribution in [-0.2, 0) is 17.8 Å². The van der Waals surface area contributed by atoms with Gasteiger partial charge in [-0.15, -0.1) is 0 Å². The summed E-state index contributed by atoms with van der Waals surface area (Å²) in [6, 6.07) is 9.75. The van der Waals surface area contributed by atoms with Crippen LogP contribution in [0, 0.1) is 5.92 Å². The first-order valence-electron chi connectivity index (χ1n) is 8.69. The normalized spacial score (nSPS) is 14.3. The average molecular weight is 340 g/mol. The predicted molar refractivity (Wildman–Crippen MR) is 95.9 cm³/mol. The number of hydrogen-bond donors (Lipinski definition) is 1. The Morgan fingerprint density at radius 3 is 2.52 bits per heavy atom. The number of carbonyl (C=O) groups is 2. The van der Waals surface area contributed by atoms with Gasteiger partial charge in [-0.25, -0.2) is 4.98 Å². The molecule has 1 aliphatic heterocycles. The van der Waals surface area contributed by atoms with Gasteiger partial charge in [0.25, 0.3) is 5.91 Å². The second-order valence-corrected chi connectivity index (χ2v) is 6.84. The first-order valence-corrected chi connectivity index (χ1v) is 8.69. The lowest BCUT2D eigenvalue weighted by molar-refractivity contribution is -0.131. The molecule has 0 atom stereocenters. The van der Waals surface area contributed by atoms with E-state index in [2.05, 4.69) is 4.98 Å². The highest BCUT2D eigenvalue weighted by Gasteiger charge is 2.26. The maximum absolute atomic E-state index is 12.4. The minimum atomic E-state index is -0.520. The van der Waals surface area contributed by atoms with Crippen molar-refractivity contribution < 1.29 is 9.59 Å². The Bertz CT molecular complexity index is 780. The third-order valence-corrected chi connectivity index (χ3v) is 4.49. The molecule has 0 aliphatic carbocycles. The minimum Gasteiger partial charge on any atom is -0.364 e. The summed E-state index contributed by atoms with van der Waals surface area (Å²) in [5.41, 5.74) is 7.63. The van der Waals surface area contributed by atoms with Gasteiger partial charge < -0.3 is 15.2 Å². The van der Waals surface area contributed by atoms with E-state index in [1.165, 1.54) is 0 Å². The molecule has 2 N–H and O–H groups in total. The quantitative estimate of drug-likeness (QED) is 0.925. The molecule has 0 unspecified atom stereocenters. The molecule has 2 amide bonds. The number of nitrogens with two attached hydrogens (primary N) is 1. The number of benzene rings is 1. The van der Waals surface area contributed by atoms with Crippen LogP contribution in [0.4, 0.5) is 0 Å². The number of imidazole rings is 1. The van der Waals surface area contributed by atoms with Gasteiger partial charge in [-0.1, -0.05) is 44.2 Å². The van der Waals surface area contributed by atoms with Crippen LogP contribution >= 0.6 is 0 Å². The molecule has 25 heavy (non-hydrogen) atoms. The topological polar surface area (TPSA) is 81.2 Å². The third-order valence-electron chi connectivity index (χ3n) is 4.49. The van der Waals surface area contributed by atoms with Crippen molar-refractivity contribution in [2.24, 2.45) is 11.7 Å². The number of fused-ring (bicyclic) bond motifs is 1. The maximum atomic E-state index is 12.4. The smallest absolute Gasteiger partial charge is 0.269 e. The van der Waals surface area contributed by atoms with Crippen molar-refractivity contribution in [3.63, 3.8) is 0 Å². The van der Waals surface area contributed by atoms with Gasteiger partial charge in [-0.2, -0.15) is 0 Å². The molecule has 0 radical (unpaired) electrons. The van der Waals surface area contributed by atoms with Gasteiger partial charge in [0, 0.05) is 38.0 Å². The molecule has 0 fully saturated rings. The van der Waals surface area contributed by atoms with Gasteiger partial charge in [-0.3, -0.25) is 9.59 Å². The Balaban J connectivity index is 1.94. The molecule has 0 saturated carbocycles. The van der Waals surface area contributed by atoms with E-state index in [1.54, 1.807) is 0 Å². The number of rotatable bonds is 4. The largest absolute Gasteiger partial charge is 0.364 e. The molecule has 6 nitrogen and oxygen atoms in total. The van der Waals surface area contributed by atoms with Crippen LogP contribution < -0.4 is 5.73 Å². The molecule has 2 aromatic rings. The van der Waals surface area contributed by atoms with Crippen LogP contribution in [0.3, 0.4) is 0 Å². The lowest BCUT2D eigenvalue weighted by Crippen LogP contribution is -2.34. The maximum Gasteiger partial charge on any atom is 0.269 e. The SMILES string of the molecule is CC(C)CC(=O)N1CCc2c(C(N)=O)nc(-c3ccccc3)n2CC1. The molecular weight excluding hydrogens is 316 g/mol. The van der Waals surface area contributed by atoms with Crippen molar-refractivity contribution in [2.45, 2.75) is 33.2 Å². The van der Waals surface area contributed by atoms with Gasteiger partial charge in [0.05, 0.1) is 5.69 Å². The van der Waals surface area contributed by atoms with Crippen molar-refractivity contribution in [1.82, 2.24) is 14.5 Å². The van der Waals surface area contributed by atoms with E-state index in [4.69, 9.17) is 5.73 Å². The van der Waals surface area contributed by atoms with Crippen molar-refractivity contribution in [2.75, 3.05) is 13.1 Å². The number of amides is 2. The zero-order valence-corrected chi connectivity index (χ0v) is 14.7. The molecule has 1 aliphatic rings. The van der Waals surface area contributed by atoms with Gasteiger partial charge >= 0.3 is 0 Å². The number of aromatic nitrogens is 2. The fourth-order valence-corrected chi connectivity index (χ4v) is 3.29. The van der Waals surface area contributed by atoms with E-state index < -0.39 is 5.91 Å². The van der Waals surface area contributed by atoms with E-state index in [0.29, 0.717) is 44.1 Å². The van der Waals surface area contributed by atoms with E-state index >= 15 is 0 Å². The monoisotopic (exact) mass is 340 g/mol. The Hall–Kier alpha value is -2.63. The minimum absolute atomic E-state index is 0.163. The number of carbonyl (C=O) groups excluding carboxylic acids is 2. The van der Waals surface area contributed by atoms with Crippen LogP contribution in [0.5, 0.6) is 0 Å². The summed E-state index contributed by atoms with van der Waals surface area (Å²) < 4.78 is 2.04. The fraction of sp³-hybridized carbons (Fsp3) is 0.421. The Morgan fingerprint density at radius 1 is 1.16 bits per heavy atom. The standard InChI is InChI=1S/C19H24N4O2/c1-13(2)12-16(24)22-9-8-15-17(18(20)25)21-19(23(15)11-10-22)14-6-4-3-5-7-14/h3-7,13H,8-12H2,1-2H3,(H2,20,25). The lowest BCUT2D eigenvalue weighted by Gasteiger charge is -2.21. The van der Waals surface area contributed by atoms with Crippen LogP contribution in [0.15, 0.2) is 30.3 Å². The summed E-state index contributed by atoms with van der Waals surface area (Å²) >= 11 is 0. The van der Waals surface area contributed by atoms with Crippen molar-refractivity contribution >= 4 is 11.8 Å². The van der Waals surface area contributed by atoms with E-state index in [1.807, 2.05) is 53.6 Å². The van der Waals surface area contributed by atoms with Crippen LogP contribution in [0.2, 0.25) is 0 Å². The molecule has 3 rings (SSSR count). The summed E-state index contributed by atoms with van der Waals surface area (Å²) in [4.78, 5) is 30.7. The van der Waals surface area contributed by atoms with Crippen molar-refractivity contribution in [3.05, 3.63) is 41.7 Å². The summed E-state index contributed by atoms with van der Waals surface area (Å²) in [5.74, 6) is 0.712. The highest BCUT2D eigenvalue weighted by atomic mass is 16.2. The van der Waals surface area contributed by atoms with Crippen LogP contribution in [-0.4, -0.2) is 39.4 Å². The zero-order valence-electron chi connectivity index (χ0n) is 14.7. The zero-order chi connectivity index (χ0) is 18.0. The predicted octanol–water partition coefficient (Wildman–Crippen LogP) is 2.08. The highest BCUT2D eigenvalue weighted by Crippen LogP contribution is 2.25. The molecule has 0 spiro atoms. The first-order chi connectivity index (χ1) is 12.0. The van der Waals surface area contributed by atoms with Crippen molar-refractivity contribution in [1.29, 1.82) is 0 Å². The third kappa shape index (κ3) is 3.57. The van der Waals surface area contributed by atoms with Crippen LogP contribution in [0.1, 0.15) is 36.5 Å². The first kappa shape index (κ1) is 17.2. The summed E-state index contributed by atoms with van der Waals surface area (Å²) in [5, 5.41) is 0. The van der Waals surface area contributed by atoms with Gasteiger partial charge in [0.1, 0.15) is 11.5 Å². The number of primary amides is 1. The van der Waals surface area contributed by atoms with E-state index in [-0.39, 0.29) is 5.91 Å². The van der Waals surface area contributed by atoms with E-state index in [0.717, 1.165) is 17.1 Å². The Morgan fingerprint density at radius 2 is 1.88 bits per heavy atom. The Kier molecular flexibility index (Phi) is 4.88. The fourth-order valence-electron chi connectivity index (χ4n) is 3.29. The second-order valence-electron chi connectivity index (χ2n) is 6.84. The van der Waals surface area contributed by atoms with E-state index in [9.17, 15) is 9.59 Å². The molecule has 0 bridgehead atoms. The number of hydrogen-bond acceptors (Lipinski definition) is 3. The second kappa shape index (κ2) is 7.09. The Labute approximate surface area is 147 Å². The average Bonchev–Trinajstić information content (AvgIpc) is 2.80. The lowest BCUT2D eigenvalue weighted by atomic mass is 10.1. The van der Waals surface area contributed by atoms with Gasteiger partial charge in [0.2, 0.25) is 5.91 Å². The molecule has 0 saturated heterocycles. The van der Waals surface area contributed by atoms with Gasteiger partial charge in [-0.05, 0) is 5.92 Å². The van der Waals surface area contributed by atoms with Gasteiger partial charge in [0.15, 0.2) is 0 Å². The van der Waals surface area contributed by atoms with Crippen molar-refractivity contribution in [3.8, 4) is 11.4 Å². The van der Waals surface area contributed by atoms with Crippen LogP contribution in [0.25, 0.3) is 11.4 Å². The summed E-state index contributed by atoms with van der Waals surface area (Å²) in [6.07, 6.45) is 1.13. The molecule has 1 aromatic heterocycles. The molecule has 1 aromatic carbocycles. The molecule has 6 heteroatoms. The summed E-state index contributed by atoms with van der Waals surface area (Å²) in [6.45, 7) is 5.91.